The fourth-order valence-corrected chi connectivity index (χ4v) is 3.91. The maximum Gasteiger partial charge on any atom is 0.175 e. The Kier molecular flexibility index (Phi) is 8.73. The van der Waals surface area contributed by atoms with Gasteiger partial charge in [-0.25, -0.2) is 0 Å². The molecule has 0 aromatic heterocycles. The fourth-order valence-electron chi connectivity index (χ4n) is 3.91. The monoisotopic (exact) mass is 424 g/mol. The molecule has 2 rings (SSSR count). The van der Waals surface area contributed by atoms with E-state index in [-0.39, 0.29) is 23.2 Å². The molecule has 0 aliphatic heterocycles. The highest BCUT2D eigenvalue weighted by atomic mass is 16.5. The number of hydrogen-bond donors (Lipinski definition) is 0. The molecule has 3 heteroatoms. The van der Waals surface area contributed by atoms with E-state index in [2.05, 4.69) is 64.1 Å². The van der Waals surface area contributed by atoms with E-state index in [4.69, 9.17) is 9.47 Å². The van der Waals surface area contributed by atoms with Gasteiger partial charge < -0.3 is 9.47 Å². The van der Waals surface area contributed by atoms with Crippen LogP contribution in [0.1, 0.15) is 83.9 Å². The summed E-state index contributed by atoms with van der Waals surface area (Å²) in [6, 6.07) is 15.0. The Hall–Kier alpha value is -2.29. The molecule has 0 amide bonds. The van der Waals surface area contributed by atoms with E-state index in [1.165, 1.54) is 11.1 Å². The molecular weight excluding hydrogens is 384 g/mol. The van der Waals surface area contributed by atoms with E-state index >= 15 is 0 Å². The molecule has 0 radical (unpaired) electrons. The average molecular weight is 425 g/mol. The maximum absolute atomic E-state index is 12.2. The van der Waals surface area contributed by atoms with Crippen molar-refractivity contribution < 1.29 is 14.3 Å². The van der Waals surface area contributed by atoms with Crippen LogP contribution in [0.4, 0.5) is 0 Å². The van der Waals surface area contributed by atoms with Crippen molar-refractivity contribution in [2.45, 2.75) is 79.6 Å². The number of aryl methyl sites for hydroxylation is 1. The highest BCUT2D eigenvalue weighted by Gasteiger charge is 2.31. The molecule has 2 aromatic carbocycles. The zero-order chi connectivity index (χ0) is 23.1. The van der Waals surface area contributed by atoms with Gasteiger partial charge in [0.25, 0.3) is 0 Å². The van der Waals surface area contributed by atoms with Crippen molar-refractivity contribution in [2.75, 3.05) is 13.2 Å². The number of carbonyl (C=O) groups excluding carboxylic acids is 1. The van der Waals surface area contributed by atoms with Gasteiger partial charge in [-0.2, -0.15) is 0 Å². The van der Waals surface area contributed by atoms with Crippen LogP contribution in [0.2, 0.25) is 0 Å². The van der Waals surface area contributed by atoms with Gasteiger partial charge in [-0.1, -0.05) is 72.2 Å². The van der Waals surface area contributed by atoms with Crippen LogP contribution in [0.3, 0.4) is 0 Å². The van der Waals surface area contributed by atoms with E-state index in [9.17, 15) is 4.79 Å². The first kappa shape index (κ1) is 25.0. The Balaban J connectivity index is 2.25. The molecule has 0 bridgehead atoms. The number of ketones is 1. The van der Waals surface area contributed by atoms with Gasteiger partial charge in [0.15, 0.2) is 5.78 Å². The molecule has 0 spiro atoms. The van der Waals surface area contributed by atoms with Gasteiger partial charge in [-0.15, -0.1) is 0 Å². The molecule has 0 fully saturated rings. The molecule has 0 saturated heterocycles. The largest absolute Gasteiger partial charge is 0.494 e. The molecule has 170 valence electrons. The van der Waals surface area contributed by atoms with Gasteiger partial charge in [0.1, 0.15) is 18.1 Å². The molecular formula is C28H40O3. The minimum Gasteiger partial charge on any atom is -0.494 e. The second kappa shape index (κ2) is 10.8. The first-order valence-corrected chi connectivity index (χ1v) is 11.7. The summed E-state index contributed by atoms with van der Waals surface area (Å²) < 4.78 is 11.7. The lowest BCUT2D eigenvalue weighted by Gasteiger charge is -2.34. The van der Waals surface area contributed by atoms with Crippen molar-refractivity contribution in [1.29, 1.82) is 0 Å². The Morgan fingerprint density at radius 3 is 2.00 bits per heavy atom. The summed E-state index contributed by atoms with van der Waals surface area (Å²) in [4.78, 5) is 12.2. The van der Waals surface area contributed by atoms with Crippen LogP contribution < -0.4 is 9.47 Å². The lowest BCUT2D eigenvalue weighted by atomic mass is 9.70. The summed E-state index contributed by atoms with van der Waals surface area (Å²) >= 11 is 0. The molecule has 0 saturated carbocycles. The second-order valence-electron chi connectivity index (χ2n) is 9.46. The first-order chi connectivity index (χ1) is 14.7. The number of rotatable bonds is 11. The minimum atomic E-state index is -0.389. The lowest BCUT2D eigenvalue weighted by molar-refractivity contribution is -0.128. The van der Waals surface area contributed by atoms with E-state index in [0.29, 0.717) is 0 Å². The van der Waals surface area contributed by atoms with Crippen LogP contribution in [0.5, 0.6) is 11.5 Å². The quantitative estimate of drug-likeness (QED) is 0.356. The van der Waals surface area contributed by atoms with E-state index in [0.717, 1.165) is 49.4 Å². The predicted octanol–water partition coefficient (Wildman–Crippen LogP) is 7.27. The van der Waals surface area contributed by atoms with E-state index < -0.39 is 0 Å². The number of unbranched alkanes of at least 4 members (excludes halogenated alkanes) is 1. The highest BCUT2D eigenvalue weighted by molar-refractivity contribution is 5.85. The smallest absolute Gasteiger partial charge is 0.175 e. The summed E-state index contributed by atoms with van der Waals surface area (Å²) in [5.74, 6) is 1.82. The normalized spacial score (nSPS) is 12.0. The van der Waals surface area contributed by atoms with E-state index in [1.54, 1.807) is 0 Å². The Bertz CT molecular complexity index is 840. The van der Waals surface area contributed by atoms with Crippen LogP contribution in [-0.2, 0) is 10.2 Å². The summed E-state index contributed by atoms with van der Waals surface area (Å²) in [6.45, 7) is 15.4. The van der Waals surface area contributed by atoms with Crippen LogP contribution >= 0.6 is 0 Å². The zero-order valence-corrected chi connectivity index (χ0v) is 20.5. The Labute approximate surface area is 189 Å². The van der Waals surface area contributed by atoms with Gasteiger partial charge in [0.05, 0.1) is 6.61 Å². The van der Waals surface area contributed by atoms with Crippen molar-refractivity contribution in [1.82, 2.24) is 0 Å². The molecule has 0 aliphatic carbocycles. The van der Waals surface area contributed by atoms with Crippen molar-refractivity contribution in [3.05, 3.63) is 59.2 Å². The summed E-state index contributed by atoms with van der Waals surface area (Å²) in [5.41, 5.74) is 3.19. The van der Waals surface area contributed by atoms with Gasteiger partial charge >= 0.3 is 0 Å². The van der Waals surface area contributed by atoms with Gasteiger partial charge in [-0.05, 0) is 61.1 Å². The zero-order valence-electron chi connectivity index (χ0n) is 20.5. The number of carbonyl (C=O) groups is 1. The van der Waals surface area contributed by atoms with Crippen LogP contribution in [0.25, 0.3) is 0 Å². The standard InChI is InChI=1S/C28H40O3/c1-8-11-18-30-24-15-12-22(13-16-24)28(9-2,10-3)23-14-17-25(21(4)19-23)31-20-26(29)27(5,6)7/h12-17,19H,8-11,18,20H2,1-7H3. The van der Waals surface area contributed by atoms with E-state index in [1.807, 2.05) is 26.8 Å². The average Bonchev–Trinajstić information content (AvgIpc) is 2.74. The summed E-state index contributed by atoms with van der Waals surface area (Å²) in [7, 11) is 0. The molecule has 3 nitrogen and oxygen atoms in total. The number of hydrogen-bond acceptors (Lipinski definition) is 3. The summed E-state index contributed by atoms with van der Waals surface area (Å²) in [5, 5.41) is 0. The fraction of sp³-hybridized carbons (Fsp3) is 0.536. The first-order valence-electron chi connectivity index (χ1n) is 11.7. The van der Waals surface area contributed by atoms with Crippen LogP contribution in [0, 0.1) is 12.3 Å². The van der Waals surface area contributed by atoms with Crippen molar-refractivity contribution >= 4 is 5.78 Å². The molecule has 0 atom stereocenters. The molecule has 0 unspecified atom stereocenters. The third-order valence-electron chi connectivity index (χ3n) is 6.30. The third kappa shape index (κ3) is 6.12. The lowest BCUT2D eigenvalue weighted by Crippen LogP contribution is -2.27. The number of ether oxygens (including phenoxy) is 2. The predicted molar refractivity (Wildman–Crippen MR) is 129 cm³/mol. The van der Waals surface area contributed by atoms with Crippen molar-refractivity contribution in [3.63, 3.8) is 0 Å². The summed E-state index contributed by atoms with van der Waals surface area (Å²) in [6.07, 6.45) is 4.21. The topological polar surface area (TPSA) is 35.5 Å². The molecule has 0 aliphatic rings. The van der Waals surface area contributed by atoms with Crippen molar-refractivity contribution in [3.8, 4) is 11.5 Å². The molecule has 0 heterocycles. The Morgan fingerprint density at radius 1 is 0.871 bits per heavy atom. The molecule has 2 aromatic rings. The maximum atomic E-state index is 12.2. The SMILES string of the molecule is CCCCOc1ccc(C(CC)(CC)c2ccc(OCC(=O)C(C)(C)C)c(C)c2)cc1. The number of Topliss-reactive ketones (excluding diaryl/α,β-unsaturated/α-hetero) is 1. The van der Waals surface area contributed by atoms with Crippen LogP contribution in [0.15, 0.2) is 42.5 Å². The molecule has 31 heavy (non-hydrogen) atoms. The highest BCUT2D eigenvalue weighted by Crippen LogP contribution is 2.40. The van der Waals surface area contributed by atoms with Crippen LogP contribution in [-0.4, -0.2) is 19.0 Å². The minimum absolute atomic E-state index is 0.0630. The molecule has 0 N–H and O–H groups in total. The Morgan fingerprint density at radius 2 is 1.48 bits per heavy atom. The third-order valence-corrected chi connectivity index (χ3v) is 6.30. The van der Waals surface area contributed by atoms with Crippen molar-refractivity contribution in [2.24, 2.45) is 5.41 Å². The number of benzene rings is 2. The van der Waals surface area contributed by atoms with Gasteiger partial charge in [-0.3, -0.25) is 4.79 Å². The van der Waals surface area contributed by atoms with Gasteiger partial charge in [0.2, 0.25) is 0 Å². The van der Waals surface area contributed by atoms with Gasteiger partial charge in [0, 0.05) is 10.8 Å². The second-order valence-corrected chi connectivity index (χ2v) is 9.46.